The minimum Gasteiger partial charge on any atom is -0.478 e. The Morgan fingerprint density at radius 2 is 1.95 bits per heavy atom. The molecular weight excluding hydrogens is 323 g/mol. The fourth-order valence-corrected chi connectivity index (χ4v) is 2.22. The molecule has 0 atom stereocenters. The first-order valence-electron chi connectivity index (χ1n) is 5.50. The number of hydrogen-bond acceptors (Lipinski definition) is 3. The van der Waals surface area contributed by atoms with E-state index in [-0.39, 0.29) is 16.4 Å². The maximum atomic E-state index is 10.8. The molecule has 0 aliphatic heterocycles. The van der Waals surface area contributed by atoms with Gasteiger partial charge >= 0.3 is 5.97 Å². The van der Waals surface area contributed by atoms with E-state index in [2.05, 4.69) is 10.3 Å². The van der Waals surface area contributed by atoms with Gasteiger partial charge in [-0.25, -0.2) is 9.78 Å². The molecule has 1 aromatic carbocycles. The highest BCUT2D eigenvalue weighted by atomic mass is 35.5. The monoisotopic (exact) mass is 330 g/mol. The fraction of sp³-hybridized carbons (Fsp3) is 0.0769. The number of halogens is 3. The van der Waals surface area contributed by atoms with Gasteiger partial charge < -0.3 is 10.4 Å². The van der Waals surface area contributed by atoms with Gasteiger partial charge in [0.05, 0.1) is 26.3 Å². The van der Waals surface area contributed by atoms with Crippen molar-refractivity contribution in [1.82, 2.24) is 4.98 Å². The van der Waals surface area contributed by atoms with Crippen LogP contribution in [0.25, 0.3) is 0 Å². The van der Waals surface area contributed by atoms with Gasteiger partial charge in [0.25, 0.3) is 0 Å². The van der Waals surface area contributed by atoms with Gasteiger partial charge in [0.1, 0.15) is 5.82 Å². The van der Waals surface area contributed by atoms with Crippen LogP contribution >= 0.6 is 34.8 Å². The molecule has 0 aliphatic carbocycles. The van der Waals surface area contributed by atoms with E-state index in [1.54, 1.807) is 12.1 Å². The molecule has 0 amide bonds. The highest BCUT2D eigenvalue weighted by molar-refractivity contribution is 6.40. The molecule has 2 rings (SSSR count). The molecule has 1 aromatic heterocycles. The first-order valence-corrected chi connectivity index (χ1v) is 6.64. The number of pyridine rings is 1. The summed E-state index contributed by atoms with van der Waals surface area (Å²) in [6.45, 7) is 1.84. The Kier molecular flexibility index (Phi) is 4.38. The number of aryl methyl sites for hydroxylation is 1. The number of benzene rings is 1. The number of hydrogen-bond donors (Lipinski definition) is 2. The number of nitrogens with one attached hydrogen (secondary N) is 1. The van der Waals surface area contributed by atoms with Crippen molar-refractivity contribution in [3.63, 3.8) is 0 Å². The number of carboxylic acids is 1. The van der Waals surface area contributed by atoms with Crippen LogP contribution in [0, 0.1) is 6.92 Å². The van der Waals surface area contributed by atoms with Crippen molar-refractivity contribution in [3.05, 3.63) is 50.6 Å². The first-order chi connectivity index (χ1) is 9.40. The van der Waals surface area contributed by atoms with E-state index in [1.807, 2.05) is 6.92 Å². The van der Waals surface area contributed by atoms with Gasteiger partial charge in [-0.1, -0.05) is 40.9 Å². The zero-order valence-corrected chi connectivity index (χ0v) is 12.5. The largest absolute Gasteiger partial charge is 0.478 e. The molecule has 104 valence electrons. The smallest absolute Gasteiger partial charge is 0.337 e. The molecule has 0 radical (unpaired) electrons. The maximum Gasteiger partial charge on any atom is 0.337 e. The van der Waals surface area contributed by atoms with Gasteiger partial charge in [-0.3, -0.25) is 0 Å². The Balaban J connectivity index is 2.41. The minimum atomic E-state index is -1.10. The molecular formula is C13H9Cl3N2O2. The number of carbonyl (C=O) groups is 1. The lowest BCUT2D eigenvalue weighted by Crippen LogP contribution is -2.01. The zero-order chi connectivity index (χ0) is 14.9. The summed E-state index contributed by atoms with van der Waals surface area (Å²) >= 11 is 18.2. The average molecular weight is 332 g/mol. The van der Waals surface area contributed by atoms with E-state index in [1.165, 1.54) is 12.3 Å². The summed E-state index contributed by atoms with van der Waals surface area (Å²) < 4.78 is 0. The summed E-state index contributed by atoms with van der Waals surface area (Å²) in [7, 11) is 0. The van der Waals surface area contributed by atoms with E-state index in [9.17, 15) is 4.79 Å². The predicted molar refractivity (Wildman–Crippen MR) is 80.7 cm³/mol. The summed E-state index contributed by atoms with van der Waals surface area (Å²) in [5.74, 6) is -0.816. The van der Waals surface area contributed by atoms with Crippen LogP contribution in [0.2, 0.25) is 15.1 Å². The number of carboxylic acid groups (broad SMARTS) is 1. The molecule has 0 saturated heterocycles. The van der Waals surface area contributed by atoms with Gasteiger partial charge in [-0.15, -0.1) is 0 Å². The Morgan fingerprint density at radius 3 is 2.55 bits per heavy atom. The topological polar surface area (TPSA) is 62.2 Å². The lowest BCUT2D eigenvalue weighted by Gasteiger charge is -2.12. The molecule has 0 fully saturated rings. The number of nitrogens with zero attached hydrogens (tertiary/aromatic N) is 1. The Morgan fingerprint density at radius 1 is 1.25 bits per heavy atom. The van der Waals surface area contributed by atoms with Gasteiger partial charge in [0, 0.05) is 6.20 Å². The molecule has 0 saturated carbocycles. The standard InChI is InChI=1S/C13H9Cl3N2O2/c1-6-2-3-8(14)11(10(6)16)18-12-9(15)4-7(5-17-12)13(19)20/h2-5H,1H3,(H,17,18)(H,19,20). The van der Waals surface area contributed by atoms with Crippen LogP contribution in [0.5, 0.6) is 0 Å². The highest BCUT2D eigenvalue weighted by Crippen LogP contribution is 2.36. The van der Waals surface area contributed by atoms with Gasteiger partial charge in [-0.2, -0.15) is 0 Å². The molecule has 2 aromatic rings. The summed E-state index contributed by atoms with van der Waals surface area (Å²) in [5, 5.41) is 12.8. The minimum absolute atomic E-state index is 0.00184. The molecule has 0 spiro atoms. The number of aromatic carboxylic acids is 1. The van der Waals surface area contributed by atoms with Gasteiger partial charge in [0.15, 0.2) is 0 Å². The summed E-state index contributed by atoms with van der Waals surface area (Å²) in [6.07, 6.45) is 1.20. The zero-order valence-electron chi connectivity index (χ0n) is 10.2. The Bertz CT molecular complexity index is 690. The first kappa shape index (κ1) is 14.9. The third-order valence-electron chi connectivity index (χ3n) is 2.62. The van der Waals surface area contributed by atoms with Crippen LogP contribution in [0.15, 0.2) is 24.4 Å². The van der Waals surface area contributed by atoms with E-state index in [0.717, 1.165) is 5.56 Å². The SMILES string of the molecule is Cc1ccc(Cl)c(Nc2ncc(C(=O)O)cc2Cl)c1Cl. The number of rotatable bonds is 3. The molecule has 2 N–H and O–H groups in total. The number of aromatic nitrogens is 1. The van der Waals surface area contributed by atoms with Crippen molar-refractivity contribution in [1.29, 1.82) is 0 Å². The quantitative estimate of drug-likeness (QED) is 0.848. The van der Waals surface area contributed by atoms with E-state index < -0.39 is 5.97 Å². The molecule has 20 heavy (non-hydrogen) atoms. The molecule has 1 heterocycles. The molecule has 0 unspecified atom stereocenters. The van der Waals surface area contributed by atoms with Crippen LogP contribution in [-0.4, -0.2) is 16.1 Å². The van der Waals surface area contributed by atoms with Crippen LogP contribution in [0.4, 0.5) is 11.5 Å². The lowest BCUT2D eigenvalue weighted by atomic mass is 10.2. The van der Waals surface area contributed by atoms with Crippen molar-refractivity contribution < 1.29 is 9.90 Å². The summed E-state index contributed by atoms with van der Waals surface area (Å²) in [6, 6.07) is 4.79. The summed E-state index contributed by atoms with van der Waals surface area (Å²) in [5.41, 5.74) is 1.32. The van der Waals surface area contributed by atoms with Crippen molar-refractivity contribution in [2.75, 3.05) is 5.32 Å². The van der Waals surface area contributed by atoms with Crippen molar-refractivity contribution in [2.24, 2.45) is 0 Å². The Labute approximate surface area is 130 Å². The Hall–Kier alpha value is -1.49. The molecule has 0 aliphatic rings. The van der Waals surface area contributed by atoms with E-state index in [4.69, 9.17) is 39.9 Å². The van der Waals surface area contributed by atoms with Crippen molar-refractivity contribution in [2.45, 2.75) is 6.92 Å². The lowest BCUT2D eigenvalue weighted by molar-refractivity contribution is 0.0696. The van der Waals surface area contributed by atoms with Crippen LogP contribution in [-0.2, 0) is 0 Å². The number of anilines is 2. The fourth-order valence-electron chi connectivity index (χ4n) is 1.54. The third kappa shape index (κ3) is 2.98. The van der Waals surface area contributed by atoms with E-state index in [0.29, 0.717) is 15.7 Å². The maximum absolute atomic E-state index is 10.8. The van der Waals surface area contributed by atoms with Crippen LogP contribution in [0.3, 0.4) is 0 Å². The van der Waals surface area contributed by atoms with Gasteiger partial charge in [0.2, 0.25) is 0 Å². The predicted octanol–water partition coefficient (Wildman–Crippen LogP) is 4.79. The van der Waals surface area contributed by atoms with E-state index >= 15 is 0 Å². The average Bonchev–Trinajstić information content (AvgIpc) is 2.40. The second-order valence-electron chi connectivity index (χ2n) is 4.04. The van der Waals surface area contributed by atoms with Gasteiger partial charge in [-0.05, 0) is 24.6 Å². The highest BCUT2D eigenvalue weighted by Gasteiger charge is 2.13. The van der Waals surface area contributed by atoms with Crippen molar-refractivity contribution >= 4 is 52.3 Å². The van der Waals surface area contributed by atoms with Crippen molar-refractivity contribution in [3.8, 4) is 0 Å². The second-order valence-corrected chi connectivity index (χ2v) is 5.23. The molecule has 4 nitrogen and oxygen atoms in total. The molecule has 7 heteroatoms. The summed E-state index contributed by atoms with van der Waals surface area (Å²) in [4.78, 5) is 14.8. The van der Waals surface area contributed by atoms with Crippen LogP contribution in [0.1, 0.15) is 15.9 Å². The second kappa shape index (κ2) is 5.87. The molecule has 0 bridgehead atoms. The third-order valence-corrected chi connectivity index (χ3v) is 3.71. The van der Waals surface area contributed by atoms with Crippen LogP contribution < -0.4 is 5.32 Å². The normalized spacial score (nSPS) is 10.4.